The normalized spacial score (nSPS) is 17.0. The van der Waals surface area contributed by atoms with Crippen molar-refractivity contribution in [1.29, 1.82) is 0 Å². The highest BCUT2D eigenvalue weighted by Crippen LogP contribution is 2.11. The van der Waals surface area contributed by atoms with Gasteiger partial charge in [-0.3, -0.25) is 14.6 Å². The van der Waals surface area contributed by atoms with Crippen LogP contribution in [0.15, 0.2) is 29.5 Å². The second-order valence-corrected chi connectivity index (χ2v) is 6.69. The Bertz CT molecular complexity index is 539. The standard InChI is InChI=1S/C18H32N6/c1-5-19-18(20-8-11-24-14-16(4)12-21-24)22-17-6-9-23(10-7-17)13-15(2)3/h12,14,17H,2,5-11,13H2,1,3-4H3,(H2,19,20,22). The maximum Gasteiger partial charge on any atom is 0.191 e. The Morgan fingerprint density at radius 3 is 2.75 bits per heavy atom. The number of likely N-dealkylation sites (tertiary alicyclic amines) is 1. The number of nitrogens with zero attached hydrogens (tertiary/aromatic N) is 4. The first-order chi connectivity index (χ1) is 11.6. The lowest BCUT2D eigenvalue weighted by molar-refractivity contribution is 0.221. The maximum atomic E-state index is 4.69. The van der Waals surface area contributed by atoms with Gasteiger partial charge in [-0.1, -0.05) is 12.2 Å². The number of aromatic nitrogens is 2. The zero-order chi connectivity index (χ0) is 17.4. The first-order valence-electron chi connectivity index (χ1n) is 8.97. The van der Waals surface area contributed by atoms with E-state index in [2.05, 4.69) is 53.0 Å². The number of piperidine rings is 1. The molecule has 0 unspecified atom stereocenters. The van der Waals surface area contributed by atoms with Crippen LogP contribution in [0.5, 0.6) is 0 Å². The Labute approximate surface area is 146 Å². The third-order valence-corrected chi connectivity index (χ3v) is 4.13. The maximum absolute atomic E-state index is 4.69. The highest BCUT2D eigenvalue weighted by molar-refractivity contribution is 5.80. The van der Waals surface area contributed by atoms with Gasteiger partial charge in [-0.2, -0.15) is 5.10 Å². The smallest absolute Gasteiger partial charge is 0.191 e. The lowest BCUT2D eigenvalue weighted by atomic mass is 10.0. The molecule has 2 N–H and O–H groups in total. The van der Waals surface area contributed by atoms with E-state index < -0.39 is 0 Å². The van der Waals surface area contributed by atoms with Gasteiger partial charge in [0.15, 0.2) is 5.96 Å². The summed E-state index contributed by atoms with van der Waals surface area (Å²) in [5, 5.41) is 11.2. The van der Waals surface area contributed by atoms with Crippen molar-refractivity contribution in [3.63, 3.8) is 0 Å². The van der Waals surface area contributed by atoms with Crippen LogP contribution in [0.1, 0.15) is 32.3 Å². The van der Waals surface area contributed by atoms with Crippen molar-refractivity contribution in [2.75, 3.05) is 32.7 Å². The van der Waals surface area contributed by atoms with E-state index in [4.69, 9.17) is 0 Å². The van der Waals surface area contributed by atoms with Crippen molar-refractivity contribution in [1.82, 2.24) is 25.3 Å². The molecule has 0 aliphatic carbocycles. The first kappa shape index (κ1) is 18.5. The fourth-order valence-electron chi connectivity index (χ4n) is 2.98. The molecule has 134 valence electrons. The van der Waals surface area contributed by atoms with Crippen LogP contribution >= 0.6 is 0 Å². The summed E-state index contributed by atoms with van der Waals surface area (Å²) in [6, 6.07) is 0.496. The SMILES string of the molecule is C=C(C)CN1CCC(NC(=NCCn2cc(C)cn2)NCC)CC1. The molecule has 2 heterocycles. The van der Waals surface area contributed by atoms with E-state index in [1.165, 1.54) is 11.1 Å². The summed E-state index contributed by atoms with van der Waals surface area (Å²) < 4.78 is 1.94. The average Bonchev–Trinajstić information content (AvgIpc) is 2.94. The molecule has 1 aromatic rings. The second kappa shape index (κ2) is 9.47. The predicted octanol–water partition coefficient (Wildman–Crippen LogP) is 1.79. The zero-order valence-corrected chi connectivity index (χ0v) is 15.4. The van der Waals surface area contributed by atoms with Gasteiger partial charge in [0.05, 0.1) is 19.3 Å². The van der Waals surface area contributed by atoms with Crippen molar-refractivity contribution < 1.29 is 0 Å². The van der Waals surface area contributed by atoms with Crippen LogP contribution in [0.2, 0.25) is 0 Å². The van der Waals surface area contributed by atoms with E-state index in [0.29, 0.717) is 6.04 Å². The van der Waals surface area contributed by atoms with Gasteiger partial charge in [0, 0.05) is 38.4 Å². The summed E-state index contributed by atoms with van der Waals surface area (Å²) in [5.41, 5.74) is 2.43. The fraction of sp³-hybridized carbons (Fsp3) is 0.667. The molecule has 1 aromatic heterocycles. The lowest BCUT2D eigenvalue weighted by Gasteiger charge is -2.33. The molecule has 1 aliphatic heterocycles. The van der Waals surface area contributed by atoms with E-state index in [0.717, 1.165) is 58.1 Å². The van der Waals surface area contributed by atoms with E-state index >= 15 is 0 Å². The molecule has 0 spiro atoms. The molecule has 0 amide bonds. The molecular formula is C18H32N6. The van der Waals surface area contributed by atoms with Gasteiger partial charge in [-0.15, -0.1) is 0 Å². The van der Waals surface area contributed by atoms with Crippen LogP contribution in [0.4, 0.5) is 0 Å². The molecule has 6 heteroatoms. The Kier molecular flexibility index (Phi) is 7.31. The molecule has 24 heavy (non-hydrogen) atoms. The summed E-state index contributed by atoms with van der Waals surface area (Å²) in [6.07, 6.45) is 6.23. The number of aliphatic imine (C=N–C) groups is 1. The topological polar surface area (TPSA) is 57.5 Å². The molecule has 2 rings (SSSR count). The van der Waals surface area contributed by atoms with Crippen molar-refractivity contribution in [2.24, 2.45) is 4.99 Å². The molecule has 1 saturated heterocycles. The Hall–Kier alpha value is -1.82. The van der Waals surface area contributed by atoms with E-state index in [9.17, 15) is 0 Å². The van der Waals surface area contributed by atoms with Gasteiger partial charge in [-0.25, -0.2) is 0 Å². The monoisotopic (exact) mass is 332 g/mol. The summed E-state index contributed by atoms with van der Waals surface area (Å²) in [6.45, 7) is 15.9. The van der Waals surface area contributed by atoms with Crippen molar-refractivity contribution in [3.05, 3.63) is 30.1 Å². The molecular weight excluding hydrogens is 300 g/mol. The van der Waals surface area contributed by atoms with Crippen LogP contribution in [0.25, 0.3) is 0 Å². The summed E-state index contributed by atoms with van der Waals surface area (Å²) in [4.78, 5) is 7.16. The number of hydrogen-bond acceptors (Lipinski definition) is 3. The molecule has 0 aromatic carbocycles. The number of guanidine groups is 1. The van der Waals surface area contributed by atoms with Gasteiger partial charge < -0.3 is 10.6 Å². The Morgan fingerprint density at radius 2 is 2.17 bits per heavy atom. The molecule has 0 bridgehead atoms. The summed E-state index contributed by atoms with van der Waals surface area (Å²) >= 11 is 0. The second-order valence-electron chi connectivity index (χ2n) is 6.69. The Morgan fingerprint density at radius 1 is 1.42 bits per heavy atom. The first-order valence-corrected chi connectivity index (χ1v) is 8.97. The lowest BCUT2D eigenvalue weighted by Crippen LogP contribution is -2.49. The number of aryl methyl sites for hydroxylation is 1. The fourth-order valence-corrected chi connectivity index (χ4v) is 2.98. The van der Waals surface area contributed by atoms with E-state index in [-0.39, 0.29) is 0 Å². The van der Waals surface area contributed by atoms with Gasteiger partial charge in [-0.05, 0) is 39.2 Å². The van der Waals surface area contributed by atoms with Gasteiger partial charge in [0.1, 0.15) is 0 Å². The zero-order valence-electron chi connectivity index (χ0n) is 15.4. The minimum absolute atomic E-state index is 0.496. The van der Waals surface area contributed by atoms with Crippen LogP contribution in [-0.4, -0.2) is 59.4 Å². The third-order valence-electron chi connectivity index (χ3n) is 4.13. The average molecular weight is 332 g/mol. The number of hydrogen-bond donors (Lipinski definition) is 2. The van der Waals surface area contributed by atoms with E-state index in [1.807, 2.05) is 17.1 Å². The largest absolute Gasteiger partial charge is 0.357 e. The van der Waals surface area contributed by atoms with E-state index in [1.54, 1.807) is 0 Å². The predicted molar refractivity (Wildman–Crippen MR) is 100 cm³/mol. The molecule has 6 nitrogen and oxygen atoms in total. The summed E-state index contributed by atoms with van der Waals surface area (Å²) in [5.74, 6) is 0.916. The highest BCUT2D eigenvalue weighted by atomic mass is 15.3. The van der Waals surface area contributed by atoms with Crippen molar-refractivity contribution >= 4 is 5.96 Å². The van der Waals surface area contributed by atoms with Crippen molar-refractivity contribution in [3.8, 4) is 0 Å². The summed E-state index contributed by atoms with van der Waals surface area (Å²) in [7, 11) is 0. The van der Waals surface area contributed by atoms with Crippen LogP contribution in [0.3, 0.4) is 0 Å². The highest BCUT2D eigenvalue weighted by Gasteiger charge is 2.19. The number of nitrogens with one attached hydrogen (secondary N) is 2. The number of rotatable bonds is 7. The van der Waals surface area contributed by atoms with Gasteiger partial charge in [0.25, 0.3) is 0 Å². The quantitative estimate of drug-likeness (QED) is 0.454. The van der Waals surface area contributed by atoms with Crippen LogP contribution < -0.4 is 10.6 Å². The van der Waals surface area contributed by atoms with Crippen molar-refractivity contribution in [2.45, 2.75) is 46.2 Å². The molecule has 0 radical (unpaired) electrons. The van der Waals surface area contributed by atoms with Crippen LogP contribution in [-0.2, 0) is 6.54 Å². The van der Waals surface area contributed by atoms with Gasteiger partial charge in [0.2, 0.25) is 0 Å². The molecule has 0 atom stereocenters. The minimum Gasteiger partial charge on any atom is -0.357 e. The third kappa shape index (κ3) is 6.35. The molecule has 1 aliphatic rings. The molecule has 0 saturated carbocycles. The minimum atomic E-state index is 0.496. The Balaban J connectivity index is 1.78. The van der Waals surface area contributed by atoms with Gasteiger partial charge >= 0.3 is 0 Å². The molecule has 1 fully saturated rings. The van der Waals surface area contributed by atoms with Crippen LogP contribution in [0, 0.1) is 6.92 Å².